The quantitative estimate of drug-likeness (QED) is 0.744. The van der Waals surface area contributed by atoms with Gasteiger partial charge in [0, 0.05) is 23.6 Å². The normalized spacial score (nSPS) is 11.9. The molecule has 0 radical (unpaired) electrons. The van der Waals surface area contributed by atoms with Crippen molar-refractivity contribution in [2.45, 2.75) is 13.5 Å². The van der Waals surface area contributed by atoms with Crippen LogP contribution in [0.4, 0.5) is 5.69 Å². The number of anilines is 1. The van der Waals surface area contributed by atoms with E-state index in [0.29, 0.717) is 29.4 Å². The van der Waals surface area contributed by atoms with Crippen molar-refractivity contribution in [1.82, 2.24) is 4.98 Å². The summed E-state index contributed by atoms with van der Waals surface area (Å²) in [5, 5.41) is 2.88. The smallest absolute Gasteiger partial charge is 0.257 e. The number of hydrogen-bond donors (Lipinski definition) is 1. The summed E-state index contributed by atoms with van der Waals surface area (Å²) in [6.45, 7) is 2.48. The van der Waals surface area contributed by atoms with E-state index in [0.717, 1.165) is 17.0 Å². The Bertz CT molecular complexity index is 970. The van der Waals surface area contributed by atoms with Crippen LogP contribution in [0.1, 0.15) is 21.6 Å². The van der Waals surface area contributed by atoms with E-state index >= 15 is 0 Å². The fourth-order valence-corrected chi connectivity index (χ4v) is 2.68. The summed E-state index contributed by atoms with van der Waals surface area (Å²) >= 11 is 0. The van der Waals surface area contributed by atoms with E-state index in [1.54, 1.807) is 18.3 Å². The summed E-state index contributed by atoms with van der Waals surface area (Å²) in [6.07, 6.45) is 1.57. The van der Waals surface area contributed by atoms with Gasteiger partial charge in [-0.2, -0.15) is 0 Å². The predicted molar refractivity (Wildman–Crippen MR) is 100 cm³/mol. The van der Waals surface area contributed by atoms with Crippen LogP contribution in [0.3, 0.4) is 0 Å². The molecule has 0 saturated carbocycles. The number of ether oxygens (including phenoxy) is 3. The van der Waals surface area contributed by atoms with Crippen LogP contribution in [-0.2, 0) is 6.61 Å². The lowest BCUT2D eigenvalue weighted by atomic mass is 10.2. The molecule has 1 aromatic heterocycles. The number of rotatable bonds is 5. The first-order chi connectivity index (χ1) is 13.2. The zero-order valence-electron chi connectivity index (χ0n) is 14.8. The molecule has 2 heterocycles. The van der Waals surface area contributed by atoms with Gasteiger partial charge < -0.3 is 19.5 Å². The van der Waals surface area contributed by atoms with Crippen LogP contribution in [0.5, 0.6) is 17.2 Å². The molecule has 0 unspecified atom stereocenters. The zero-order chi connectivity index (χ0) is 18.6. The molecular weight excluding hydrogens is 344 g/mol. The maximum Gasteiger partial charge on any atom is 0.257 e. The Morgan fingerprint density at radius 2 is 2.00 bits per heavy atom. The predicted octanol–water partition coefficient (Wildman–Crippen LogP) is 3.95. The molecule has 1 aliphatic heterocycles. The molecule has 0 fully saturated rings. The monoisotopic (exact) mass is 362 g/mol. The Balaban J connectivity index is 1.40. The molecule has 0 spiro atoms. The van der Waals surface area contributed by atoms with Gasteiger partial charge in [-0.1, -0.05) is 12.1 Å². The molecule has 27 heavy (non-hydrogen) atoms. The summed E-state index contributed by atoms with van der Waals surface area (Å²) in [5.41, 5.74) is 3.02. The van der Waals surface area contributed by atoms with Gasteiger partial charge in [0.15, 0.2) is 11.5 Å². The van der Waals surface area contributed by atoms with Gasteiger partial charge in [0.25, 0.3) is 5.91 Å². The number of fused-ring (bicyclic) bond motifs is 1. The average Bonchev–Trinajstić information content (AvgIpc) is 3.15. The van der Waals surface area contributed by atoms with Crippen LogP contribution in [-0.4, -0.2) is 17.7 Å². The van der Waals surface area contributed by atoms with E-state index in [2.05, 4.69) is 10.3 Å². The molecule has 3 aromatic rings. The summed E-state index contributed by atoms with van der Waals surface area (Å²) < 4.78 is 16.5. The van der Waals surface area contributed by atoms with Gasteiger partial charge in [0.1, 0.15) is 12.4 Å². The van der Waals surface area contributed by atoms with Crippen molar-refractivity contribution in [2.75, 3.05) is 12.1 Å². The lowest BCUT2D eigenvalue weighted by Crippen LogP contribution is -2.12. The Morgan fingerprint density at radius 1 is 1.11 bits per heavy atom. The second kappa shape index (κ2) is 7.37. The number of nitrogens with zero attached hydrogens (tertiary/aromatic N) is 1. The van der Waals surface area contributed by atoms with E-state index in [1.807, 2.05) is 49.4 Å². The van der Waals surface area contributed by atoms with E-state index in [-0.39, 0.29) is 12.7 Å². The molecular formula is C21H18N2O4. The van der Waals surface area contributed by atoms with Gasteiger partial charge in [-0.05, 0) is 48.9 Å². The minimum absolute atomic E-state index is 0.198. The van der Waals surface area contributed by atoms with Crippen molar-refractivity contribution >= 4 is 11.6 Å². The highest BCUT2D eigenvalue weighted by Crippen LogP contribution is 2.35. The van der Waals surface area contributed by atoms with Gasteiger partial charge in [-0.25, -0.2) is 0 Å². The summed E-state index contributed by atoms with van der Waals surface area (Å²) in [4.78, 5) is 16.5. The topological polar surface area (TPSA) is 69.7 Å². The molecule has 6 heteroatoms. The van der Waals surface area contributed by atoms with Crippen molar-refractivity contribution in [1.29, 1.82) is 0 Å². The number of nitrogens with one attached hydrogen (secondary N) is 1. The Labute approximate surface area is 156 Å². The first-order valence-electron chi connectivity index (χ1n) is 8.53. The van der Waals surface area contributed by atoms with Gasteiger partial charge >= 0.3 is 0 Å². The maximum absolute atomic E-state index is 12.3. The standard InChI is InChI=1S/C21H18N2O4/c1-14-5-6-16(11-22-14)21(24)23-17-4-2-3-15(9-17)12-25-18-7-8-19-20(10-18)27-13-26-19/h2-11H,12-13H2,1H3,(H,23,24). The summed E-state index contributed by atoms with van der Waals surface area (Å²) in [7, 11) is 0. The van der Waals surface area contributed by atoms with Crippen LogP contribution < -0.4 is 19.5 Å². The summed E-state index contributed by atoms with van der Waals surface area (Å²) in [6, 6.07) is 16.6. The number of amides is 1. The highest BCUT2D eigenvalue weighted by molar-refractivity contribution is 6.04. The molecule has 136 valence electrons. The molecule has 0 saturated heterocycles. The minimum atomic E-state index is -0.198. The number of hydrogen-bond acceptors (Lipinski definition) is 5. The third-order valence-electron chi connectivity index (χ3n) is 4.11. The minimum Gasteiger partial charge on any atom is -0.489 e. The lowest BCUT2D eigenvalue weighted by Gasteiger charge is -2.10. The van der Waals surface area contributed by atoms with E-state index in [9.17, 15) is 4.79 Å². The van der Waals surface area contributed by atoms with Crippen LogP contribution in [0.2, 0.25) is 0 Å². The van der Waals surface area contributed by atoms with Crippen molar-refractivity contribution < 1.29 is 19.0 Å². The number of benzene rings is 2. The van der Waals surface area contributed by atoms with Gasteiger partial charge in [0.2, 0.25) is 6.79 Å². The van der Waals surface area contributed by atoms with Crippen LogP contribution >= 0.6 is 0 Å². The largest absolute Gasteiger partial charge is 0.489 e. The second-order valence-corrected chi connectivity index (χ2v) is 6.15. The van der Waals surface area contributed by atoms with Crippen molar-refractivity contribution in [3.63, 3.8) is 0 Å². The Hall–Kier alpha value is -3.54. The van der Waals surface area contributed by atoms with E-state index in [4.69, 9.17) is 14.2 Å². The molecule has 0 bridgehead atoms. The third-order valence-corrected chi connectivity index (χ3v) is 4.11. The van der Waals surface area contributed by atoms with Gasteiger partial charge in [0.05, 0.1) is 5.56 Å². The molecule has 6 nitrogen and oxygen atoms in total. The highest BCUT2D eigenvalue weighted by atomic mass is 16.7. The molecule has 1 aliphatic rings. The molecule has 1 amide bonds. The molecule has 2 aromatic carbocycles. The number of pyridine rings is 1. The SMILES string of the molecule is Cc1ccc(C(=O)Nc2cccc(COc3ccc4c(c3)OCO4)c2)cn1. The molecule has 1 N–H and O–H groups in total. The number of carbonyl (C=O) groups is 1. The highest BCUT2D eigenvalue weighted by Gasteiger charge is 2.13. The van der Waals surface area contributed by atoms with Crippen LogP contribution in [0.15, 0.2) is 60.8 Å². The van der Waals surface area contributed by atoms with Crippen molar-refractivity contribution in [3.05, 3.63) is 77.6 Å². The maximum atomic E-state index is 12.3. The molecule has 0 atom stereocenters. The first-order valence-corrected chi connectivity index (χ1v) is 8.53. The van der Waals surface area contributed by atoms with E-state index < -0.39 is 0 Å². The van der Waals surface area contributed by atoms with Crippen LogP contribution in [0.25, 0.3) is 0 Å². The first kappa shape index (κ1) is 16.9. The van der Waals surface area contributed by atoms with Crippen molar-refractivity contribution in [2.24, 2.45) is 0 Å². The van der Waals surface area contributed by atoms with Crippen molar-refractivity contribution in [3.8, 4) is 17.2 Å². The lowest BCUT2D eigenvalue weighted by molar-refractivity contribution is 0.102. The summed E-state index contributed by atoms with van der Waals surface area (Å²) in [5.74, 6) is 1.90. The number of carbonyl (C=O) groups excluding carboxylic acids is 1. The number of aryl methyl sites for hydroxylation is 1. The Kier molecular flexibility index (Phi) is 4.61. The average molecular weight is 362 g/mol. The second-order valence-electron chi connectivity index (χ2n) is 6.15. The Morgan fingerprint density at radius 3 is 2.85 bits per heavy atom. The zero-order valence-corrected chi connectivity index (χ0v) is 14.8. The third kappa shape index (κ3) is 4.00. The fraction of sp³-hybridized carbons (Fsp3) is 0.143. The fourth-order valence-electron chi connectivity index (χ4n) is 2.68. The molecule has 4 rings (SSSR count). The van der Waals surface area contributed by atoms with Gasteiger partial charge in [-0.3, -0.25) is 9.78 Å². The van der Waals surface area contributed by atoms with Crippen LogP contribution in [0, 0.1) is 6.92 Å². The van der Waals surface area contributed by atoms with E-state index in [1.165, 1.54) is 0 Å². The molecule has 0 aliphatic carbocycles. The van der Waals surface area contributed by atoms with Gasteiger partial charge in [-0.15, -0.1) is 0 Å². The number of aromatic nitrogens is 1.